The number of H-pyrrole nitrogens is 1. The number of fused-ring (bicyclic) bond motifs is 2. The number of nitrogens with zero attached hydrogens (tertiary/aromatic N) is 4. The summed E-state index contributed by atoms with van der Waals surface area (Å²) in [6.45, 7) is 2.66. The summed E-state index contributed by atoms with van der Waals surface area (Å²) in [6, 6.07) is 15.4. The molecule has 1 aliphatic rings. The molecule has 0 radical (unpaired) electrons. The summed E-state index contributed by atoms with van der Waals surface area (Å²) in [5.41, 5.74) is 3.93. The third-order valence-electron chi connectivity index (χ3n) is 5.48. The van der Waals surface area contributed by atoms with E-state index in [1.165, 1.54) is 10.6 Å². The molecule has 4 aromatic rings. The Hall–Kier alpha value is -3.74. The Kier molecular flexibility index (Phi) is 4.01. The summed E-state index contributed by atoms with van der Waals surface area (Å²) >= 11 is 0. The summed E-state index contributed by atoms with van der Waals surface area (Å²) in [7, 11) is 0. The predicted molar refractivity (Wildman–Crippen MR) is 108 cm³/mol. The number of pyridine rings is 1. The number of carbonyl (C=O) groups excluding carboxylic acids is 1. The van der Waals surface area contributed by atoms with Crippen LogP contribution >= 0.6 is 0 Å². The lowest BCUT2D eigenvalue weighted by molar-refractivity contribution is 0.0719. The highest BCUT2D eigenvalue weighted by Crippen LogP contribution is 2.31. The minimum absolute atomic E-state index is 0.0481. The van der Waals surface area contributed by atoms with E-state index in [2.05, 4.69) is 15.0 Å². The SMILES string of the molecule is Cc1cccc2ncc(C(=O)N3Cc4[nH]cnc4C(c4ccccc4)C3)c(=O)n12. The van der Waals surface area contributed by atoms with E-state index < -0.39 is 0 Å². The lowest BCUT2D eigenvalue weighted by atomic mass is 9.90. The number of amides is 1. The van der Waals surface area contributed by atoms with Gasteiger partial charge in [-0.15, -0.1) is 0 Å². The molecule has 7 nitrogen and oxygen atoms in total. The first-order valence-electron chi connectivity index (χ1n) is 9.47. The lowest BCUT2D eigenvalue weighted by Gasteiger charge is -2.32. The molecular weight excluding hydrogens is 366 g/mol. The zero-order valence-corrected chi connectivity index (χ0v) is 15.9. The standard InChI is InChI=1S/C22H19N5O2/c1-14-6-5-9-19-23-10-16(22(29)27(14)19)21(28)26-11-17(15-7-3-2-4-8-15)20-18(12-26)24-13-25-20/h2-10,13,17H,11-12H2,1H3,(H,24,25). The van der Waals surface area contributed by atoms with Crippen LogP contribution in [-0.4, -0.2) is 36.7 Å². The van der Waals surface area contributed by atoms with Gasteiger partial charge in [0.05, 0.1) is 24.3 Å². The van der Waals surface area contributed by atoms with Crippen molar-refractivity contribution in [3.05, 3.63) is 99.6 Å². The largest absolute Gasteiger partial charge is 0.347 e. The van der Waals surface area contributed by atoms with Gasteiger partial charge >= 0.3 is 0 Å². The Morgan fingerprint density at radius 1 is 1.10 bits per heavy atom. The molecule has 0 saturated heterocycles. The number of benzene rings is 1. The predicted octanol–water partition coefficient (Wildman–Crippen LogP) is 2.51. The van der Waals surface area contributed by atoms with Crippen molar-refractivity contribution in [3.8, 4) is 0 Å². The molecule has 0 bridgehead atoms. The van der Waals surface area contributed by atoms with Gasteiger partial charge in [0.1, 0.15) is 11.2 Å². The number of hydrogen-bond acceptors (Lipinski definition) is 4. The van der Waals surface area contributed by atoms with Crippen LogP contribution in [0.4, 0.5) is 0 Å². The van der Waals surface area contributed by atoms with Crippen molar-refractivity contribution >= 4 is 11.6 Å². The van der Waals surface area contributed by atoms with Crippen LogP contribution in [0.15, 0.2) is 65.8 Å². The number of rotatable bonds is 2. The first-order valence-corrected chi connectivity index (χ1v) is 9.47. The Morgan fingerprint density at radius 2 is 1.93 bits per heavy atom. The van der Waals surface area contributed by atoms with E-state index in [0.29, 0.717) is 18.7 Å². The zero-order valence-electron chi connectivity index (χ0n) is 15.9. The van der Waals surface area contributed by atoms with Crippen molar-refractivity contribution in [1.29, 1.82) is 0 Å². The highest BCUT2D eigenvalue weighted by atomic mass is 16.2. The number of aromatic amines is 1. The summed E-state index contributed by atoms with van der Waals surface area (Å²) in [6.07, 6.45) is 3.05. The van der Waals surface area contributed by atoms with E-state index in [0.717, 1.165) is 22.6 Å². The van der Waals surface area contributed by atoms with Crippen molar-refractivity contribution in [2.45, 2.75) is 19.4 Å². The van der Waals surface area contributed by atoms with E-state index in [1.807, 2.05) is 49.4 Å². The highest BCUT2D eigenvalue weighted by molar-refractivity contribution is 5.94. The Labute approximate surface area is 166 Å². The van der Waals surface area contributed by atoms with Crippen molar-refractivity contribution in [2.75, 3.05) is 6.54 Å². The molecule has 1 unspecified atom stereocenters. The van der Waals surface area contributed by atoms with Crippen molar-refractivity contribution in [1.82, 2.24) is 24.3 Å². The van der Waals surface area contributed by atoms with Gasteiger partial charge in [0.2, 0.25) is 0 Å². The first-order chi connectivity index (χ1) is 14.1. The van der Waals surface area contributed by atoms with Gasteiger partial charge in [-0.1, -0.05) is 36.4 Å². The molecule has 7 heteroatoms. The van der Waals surface area contributed by atoms with E-state index in [1.54, 1.807) is 17.3 Å². The topological polar surface area (TPSA) is 83.4 Å². The molecule has 29 heavy (non-hydrogen) atoms. The van der Waals surface area contributed by atoms with Crippen LogP contribution in [-0.2, 0) is 6.54 Å². The average Bonchev–Trinajstić information content (AvgIpc) is 3.22. The maximum Gasteiger partial charge on any atom is 0.270 e. The molecule has 0 spiro atoms. The molecule has 0 aliphatic carbocycles. The molecule has 0 fully saturated rings. The van der Waals surface area contributed by atoms with Gasteiger partial charge in [-0.25, -0.2) is 9.97 Å². The third-order valence-corrected chi connectivity index (χ3v) is 5.48. The molecule has 144 valence electrons. The summed E-state index contributed by atoms with van der Waals surface area (Å²) in [5, 5.41) is 0. The molecular formula is C22H19N5O2. The van der Waals surface area contributed by atoms with Crippen LogP contribution < -0.4 is 5.56 Å². The highest BCUT2D eigenvalue weighted by Gasteiger charge is 2.32. The van der Waals surface area contributed by atoms with Gasteiger partial charge in [-0.05, 0) is 24.6 Å². The van der Waals surface area contributed by atoms with Crippen LogP contribution in [0.5, 0.6) is 0 Å². The monoisotopic (exact) mass is 385 g/mol. The second kappa shape index (κ2) is 6.70. The Bertz CT molecular complexity index is 1280. The van der Waals surface area contributed by atoms with Crippen LogP contribution in [0.25, 0.3) is 5.65 Å². The smallest absolute Gasteiger partial charge is 0.270 e. The second-order valence-corrected chi connectivity index (χ2v) is 7.25. The molecule has 4 heterocycles. The minimum Gasteiger partial charge on any atom is -0.347 e. The number of imidazole rings is 1. The number of aryl methyl sites for hydroxylation is 1. The van der Waals surface area contributed by atoms with E-state index in [-0.39, 0.29) is 22.9 Å². The Morgan fingerprint density at radius 3 is 2.76 bits per heavy atom. The number of aromatic nitrogens is 4. The van der Waals surface area contributed by atoms with E-state index in [4.69, 9.17) is 0 Å². The Balaban J connectivity index is 1.56. The van der Waals surface area contributed by atoms with E-state index in [9.17, 15) is 9.59 Å². The maximum atomic E-state index is 13.3. The van der Waals surface area contributed by atoms with Crippen molar-refractivity contribution in [3.63, 3.8) is 0 Å². The van der Waals surface area contributed by atoms with E-state index >= 15 is 0 Å². The molecule has 1 atom stereocenters. The molecule has 1 aliphatic heterocycles. The molecule has 0 saturated carbocycles. The van der Waals surface area contributed by atoms with Gasteiger partial charge < -0.3 is 9.88 Å². The zero-order chi connectivity index (χ0) is 20.0. The third kappa shape index (κ3) is 2.82. The van der Waals surface area contributed by atoms with Gasteiger partial charge in [-0.3, -0.25) is 14.0 Å². The lowest BCUT2D eigenvalue weighted by Crippen LogP contribution is -2.41. The normalized spacial score (nSPS) is 16.0. The minimum atomic E-state index is -0.343. The molecule has 1 aromatic carbocycles. The van der Waals surface area contributed by atoms with Gasteiger partial charge in [-0.2, -0.15) is 0 Å². The molecule has 1 amide bonds. The van der Waals surface area contributed by atoms with Crippen LogP contribution in [0.1, 0.15) is 38.9 Å². The van der Waals surface area contributed by atoms with Crippen LogP contribution in [0.2, 0.25) is 0 Å². The van der Waals surface area contributed by atoms with Crippen molar-refractivity contribution < 1.29 is 4.79 Å². The van der Waals surface area contributed by atoms with Gasteiger partial charge in [0.15, 0.2) is 0 Å². The number of nitrogens with one attached hydrogen (secondary N) is 1. The number of carbonyl (C=O) groups is 1. The fourth-order valence-electron chi connectivity index (χ4n) is 4.02. The fraction of sp³-hybridized carbons (Fsp3) is 0.182. The quantitative estimate of drug-likeness (QED) is 0.575. The van der Waals surface area contributed by atoms with Gasteiger partial charge in [0.25, 0.3) is 11.5 Å². The first kappa shape index (κ1) is 17.4. The van der Waals surface area contributed by atoms with Crippen LogP contribution in [0, 0.1) is 6.92 Å². The second-order valence-electron chi connectivity index (χ2n) is 7.25. The van der Waals surface area contributed by atoms with Crippen molar-refractivity contribution in [2.24, 2.45) is 0 Å². The van der Waals surface area contributed by atoms with Gasteiger partial charge in [0, 0.05) is 24.4 Å². The summed E-state index contributed by atoms with van der Waals surface area (Å²) < 4.78 is 1.48. The number of hydrogen-bond donors (Lipinski definition) is 1. The molecule has 5 rings (SSSR count). The average molecular weight is 385 g/mol. The molecule has 1 N–H and O–H groups in total. The maximum absolute atomic E-state index is 13.3. The summed E-state index contributed by atoms with van der Waals surface area (Å²) in [4.78, 5) is 40.0. The summed E-state index contributed by atoms with van der Waals surface area (Å²) in [5.74, 6) is -0.366. The molecule has 3 aromatic heterocycles. The van der Waals surface area contributed by atoms with Crippen LogP contribution in [0.3, 0.4) is 0 Å². The fourth-order valence-corrected chi connectivity index (χ4v) is 4.02.